The summed E-state index contributed by atoms with van der Waals surface area (Å²) in [6.45, 7) is 4.40. The molecule has 23 heavy (non-hydrogen) atoms. The molecule has 1 amide bonds. The van der Waals surface area contributed by atoms with E-state index in [0.29, 0.717) is 30.4 Å². The molecule has 0 aliphatic heterocycles. The first-order valence-electron chi connectivity index (χ1n) is 7.08. The quantitative estimate of drug-likeness (QED) is 0.518. The fraction of sp³-hybridized carbons (Fsp3) is 0.438. The lowest BCUT2D eigenvalue weighted by Gasteiger charge is -2.20. The highest BCUT2D eigenvalue weighted by molar-refractivity contribution is 5.77. The van der Waals surface area contributed by atoms with Gasteiger partial charge in [-0.15, -0.1) is 6.58 Å². The number of carbonyl (C=O) groups is 1. The number of hydrogen-bond acceptors (Lipinski definition) is 6. The zero-order chi connectivity index (χ0) is 17.2. The van der Waals surface area contributed by atoms with Crippen LogP contribution in [0.4, 0.5) is 0 Å². The smallest absolute Gasteiger partial charge is 0.257 e. The Morgan fingerprint density at radius 2 is 1.91 bits per heavy atom. The number of benzene rings is 1. The maximum absolute atomic E-state index is 11.3. The lowest BCUT2D eigenvalue weighted by Crippen LogP contribution is -2.25. The highest BCUT2D eigenvalue weighted by Gasteiger charge is 2.16. The Labute approximate surface area is 136 Å². The van der Waals surface area contributed by atoms with Gasteiger partial charge >= 0.3 is 0 Å². The van der Waals surface area contributed by atoms with Crippen LogP contribution in [0.1, 0.15) is 5.56 Å². The largest absolute Gasteiger partial charge is 0.496 e. The van der Waals surface area contributed by atoms with Gasteiger partial charge in [-0.1, -0.05) is 6.08 Å². The molecule has 1 aromatic carbocycles. The monoisotopic (exact) mass is 324 g/mol. The van der Waals surface area contributed by atoms with E-state index in [1.54, 1.807) is 51.6 Å². The molecule has 1 aromatic rings. The van der Waals surface area contributed by atoms with Gasteiger partial charge in [0, 0.05) is 26.2 Å². The van der Waals surface area contributed by atoms with E-state index < -0.39 is 0 Å². The highest BCUT2D eigenvalue weighted by atomic mass is 16.7. The number of likely N-dealkylation sites (N-methyl/N-ethyl adjacent to an activating group) is 1. The summed E-state index contributed by atoms with van der Waals surface area (Å²) in [7, 11) is 6.48. The summed E-state index contributed by atoms with van der Waals surface area (Å²) in [5.41, 5.74) is 0.814. The Balaban J connectivity index is 2.96. The van der Waals surface area contributed by atoms with Crippen LogP contribution in [0, 0.1) is 0 Å². The molecule has 0 aliphatic carbocycles. The van der Waals surface area contributed by atoms with Gasteiger partial charge in [0.2, 0.25) is 0 Å². The lowest BCUT2D eigenvalue weighted by molar-refractivity contribution is -0.135. The van der Waals surface area contributed by atoms with E-state index in [2.05, 4.69) is 11.9 Å². The van der Waals surface area contributed by atoms with Crippen LogP contribution >= 0.6 is 0 Å². The summed E-state index contributed by atoms with van der Waals surface area (Å²) in [6, 6.07) is 3.42. The maximum Gasteiger partial charge on any atom is 0.257 e. The van der Waals surface area contributed by atoms with Gasteiger partial charge in [0.1, 0.15) is 17.2 Å². The van der Waals surface area contributed by atoms with Gasteiger partial charge in [-0.05, 0) is 0 Å². The zero-order valence-electron chi connectivity index (χ0n) is 14.0. The van der Waals surface area contributed by atoms with Crippen molar-refractivity contribution >= 4 is 5.91 Å². The van der Waals surface area contributed by atoms with Crippen LogP contribution in [0.3, 0.4) is 0 Å². The van der Waals surface area contributed by atoms with Gasteiger partial charge in [0.05, 0.1) is 32.9 Å². The van der Waals surface area contributed by atoms with Gasteiger partial charge in [0.25, 0.3) is 5.91 Å². The number of amides is 1. The van der Waals surface area contributed by atoms with E-state index >= 15 is 0 Å². The summed E-state index contributed by atoms with van der Waals surface area (Å²) >= 11 is 0. The molecule has 0 saturated carbocycles. The van der Waals surface area contributed by atoms with Crippen molar-refractivity contribution < 1.29 is 23.8 Å². The molecule has 0 saturated heterocycles. The molecule has 1 rings (SSSR count). The number of hydroxylamine groups is 2. The first-order chi connectivity index (χ1) is 11.0. The van der Waals surface area contributed by atoms with Crippen molar-refractivity contribution in [2.45, 2.75) is 6.54 Å². The molecule has 0 spiro atoms. The predicted octanol–water partition coefficient (Wildman–Crippen LogP) is 1.38. The number of nitrogens with zero attached hydrogens (tertiary/aromatic N) is 1. The highest BCUT2D eigenvalue weighted by Crippen LogP contribution is 2.35. The third-order valence-electron chi connectivity index (χ3n) is 3.02. The van der Waals surface area contributed by atoms with Gasteiger partial charge in [0.15, 0.2) is 6.61 Å². The Bertz CT molecular complexity index is 508. The normalized spacial score (nSPS) is 10.3. The first kappa shape index (κ1) is 18.8. The predicted molar refractivity (Wildman–Crippen MR) is 86.7 cm³/mol. The van der Waals surface area contributed by atoms with Crippen molar-refractivity contribution in [3.05, 3.63) is 30.4 Å². The minimum Gasteiger partial charge on any atom is -0.496 e. The van der Waals surface area contributed by atoms with Crippen LogP contribution in [-0.2, 0) is 16.2 Å². The van der Waals surface area contributed by atoms with Crippen molar-refractivity contribution in [2.24, 2.45) is 0 Å². The van der Waals surface area contributed by atoms with E-state index in [0.717, 1.165) is 5.56 Å². The van der Waals surface area contributed by atoms with Crippen LogP contribution in [0.5, 0.6) is 17.2 Å². The van der Waals surface area contributed by atoms with Crippen LogP contribution in [0.25, 0.3) is 0 Å². The second-order valence-corrected chi connectivity index (χ2v) is 4.64. The number of rotatable bonds is 10. The van der Waals surface area contributed by atoms with Crippen molar-refractivity contribution in [2.75, 3.05) is 41.5 Å². The Morgan fingerprint density at radius 1 is 1.30 bits per heavy atom. The summed E-state index contributed by atoms with van der Waals surface area (Å²) < 4.78 is 16.2. The van der Waals surface area contributed by atoms with Crippen molar-refractivity contribution in [1.82, 2.24) is 10.4 Å². The zero-order valence-corrected chi connectivity index (χ0v) is 14.0. The molecule has 0 fully saturated rings. The lowest BCUT2D eigenvalue weighted by atomic mass is 10.1. The SMILES string of the molecule is C=CCON(C)Cc1c(OC)cc(OCC(=O)NC)cc1OC. The van der Waals surface area contributed by atoms with Crippen LogP contribution < -0.4 is 19.5 Å². The maximum atomic E-state index is 11.3. The molecule has 7 nitrogen and oxygen atoms in total. The second-order valence-electron chi connectivity index (χ2n) is 4.64. The van der Waals surface area contributed by atoms with Crippen LogP contribution in [0.15, 0.2) is 24.8 Å². The number of carbonyl (C=O) groups excluding carboxylic acids is 1. The summed E-state index contributed by atoms with van der Waals surface area (Å²) in [5, 5.41) is 4.15. The average Bonchev–Trinajstić information content (AvgIpc) is 2.58. The molecule has 0 heterocycles. The molecule has 7 heteroatoms. The average molecular weight is 324 g/mol. The van der Waals surface area contributed by atoms with E-state index in [9.17, 15) is 4.79 Å². The standard InChI is InChI=1S/C16H24N2O5/c1-6-7-23-18(3)10-13-14(20-4)8-12(9-15(13)21-5)22-11-16(19)17-2/h6,8-9H,1,7,10-11H2,2-5H3,(H,17,19). The fourth-order valence-corrected chi connectivity index (χ4v) is 1.87. The molecule has 0 radical (unpaired) electrons. The van der Waals surface area contributed by atoms with Gasteiger partial charge in [-0.2, -0.15) is 5.06 Å². The van der Waals surface area contributed by atoms with Crippen molar-refractivity contribution in [1.29, 1.82) is 0 Å². The summed E-state index contributed by atoms with van der Waals surface area (Å²) in [6.07, 6.45) is 1.67. The van der Waals surface area contributed by atoms with Crippen molar-refractivity contribution in [3.63, 3.8) is 0 Å². The number of nitrogens with one attached hydrogen (secondary N) is 1. The summed E-state index contributed by atoms with van der Waals surface area (Å²) in [5.74, 6) is 1.45. The molecule has 0 atom stereocenters. The minimum absolute atomic E-state index is 0.0789. The molecular formula is C16H24N2O5. The Kier molecular flexibility index (Phi) is 7.93. The van der Waals surface area contributed by atoms with Gasteiger partial charge in [-0.3, -0.25) is 9.63 Å². The minimum atomic E-state index is -0.218. The third-order valence-corrected chi connectivity index (χ3v) is 3.02. The molecular weight excluding hydrogens is 300 g/mol. The first-order valence-corrected chi connectivity index (χ1v) is 7.08. The van der Waals surface area contributed by atoms with E-state index in [-0.39, 0.29) is 12.5 Å². The van der Waals surface area contributed by atoms with E-state index in [4.69, 9.17) is 19.0 Å². The molecule has 0 aliphatic rings. The molecule has 0 unspecified atom stereocenters. The molecule has 1 N–H and O–H groups in total. The summed E-state index contributed by atoms with van der Waals surface area (Å²) in [4.78, 5) is 16.7. The Morgan fingerprint density at radius 3 is 2.39 bits per heavy atom. The molecule has 0 aromatic heterocycles. The van der Waals surface area contributed by atoms with Gasteiger partial charge < -0.3 is 19.5 Å². The fourth-order valence-electron chi connectivity index (χ4n) is 1.87. The number of ether oxygens (including phenoxy) is 3. The second kappa shape index (κ2) is 9.70. The third kappa shape index (κ3) is 5.80. The molecule has 0 bridgehead atoms. The van der Waals surface area contributed by atoms with Crippen LogP contribution in [0.2, 0.25) is 0 Å². The van der Waals surface area contributed by atoms with E-state index in [1.165, 1.54) is 0 Å². The topological polar surface area (TPSA) is 69.3 Å². The number of methoxy groups -OCH3 is 2. The number of hydrogen-bond donors (Lipinski definition) is 1. The van der Waals surface area contributed by atoms with Crippen molar-refractivity contribution in [3.8, 4) is 17.2 Å². The van der Waals surface area contributed by atoms with Gasteiger partial charge in [-0.25, -0.2) is 0 Å². The van der Waals surface area contributed by atoms with E-state index in [1.807, 2.05) is 0 Å². The van der Waals surface area contributed by atoms with Crippen LogP contribution in [-0.4, -0.2) is 52.5 Å². The Hall–Kier alpha value is -2.25. The molecule has 128 valence electrons.